The van der Waals surface area contributed by atoms with Gasteiger partial charge in [-0.1, -0.05) is 20.8 Å². The van der Waals surface area contributed by atoms with E-state index >= 15 is 0 Å². The summed E-state index contributed by atoms with van der Waals surface area (Å²) in [5, 5.41) is 0.726. The fourth-order valence-electron chi connectivity index (χ4n) is 1.86. The lowest BCUT2D eigenvalue weighted by Gasteiger charge is -2.15. The Kier molecular flexibility index (Phi) is 5.39. The fraction of sp³-hybridized carbons (Fsp3) is 0.389. The molecule has 0 saturated carbocycles. The van der Waals surface area contributed by atoms with Gasteiger partial charge in [-0.2, -0.15) is 0 Å². The van der Waals surface area contributed by atoms with Crippen molar-refractivity contribution in [3.63, 3.8) is 0 Å². The number of benzene rings is 1. The van der Waals surface area contributed by atoms with Crippen LogP contribution in [0.3, 0.4) is 0 Å². The van der Waals surface area contributed by atoms with Crippen LogP contribution in [0.4, 0.5) is 0 Å². The van der Waals surface area contributed by atoms with E-state index in [-0.39, 0.29) is 12.4 Å². The molecule has 24 heavy (non-hydrogen) atoms. The van der Waals surface area contributed by atoms with Crippen LogP contribution in [0.15, 0.2) is 24.3 Å². The third kappa shape index (κ3) is 4.20. The minimum absolute atomic E-state index is 0.117. The summed E-state index contributed by atoms with van der Waals surface area (Å²) in [5.74, 6) is 0.128. The molecule has 0 saturated heterocycles. The van der Waals surface area contributed by atoms with Crippen molar-refractivity contribution in [2.75, 3.05) is 13.7 Å². The molecule has 0 aliphatic carbocycles. The van der Waals surface area contributed by atoms with Crippen molar-refractivity contribution in [1.29, 1.82) is 0 Å². The molecule has 128 valence electrons. The number of esters is 1. The minimum Gasteiger partial charge on any atom is -0.497 e. The molecule has 0 fully saturated rings. The van der Waals surface area contributed by atoms with Crippen molar-refractivity contribution in [3.8, 4) is 16.3 Å². The first-order valence-corrected chi connectivity index (χ1v) is 8.36. The number of hydrogen-bond donors (Lipinski definition) is 0. The normalized spacial score (nSPS) is 11.2. The lowest BCUT2D eigenvalue weighted by atomic mass is 9.91. The number of rotatable bonds is 5. The highest BCUT2D eigenvalue weighted by atomic mass is 32.1. The van der Waals surface area contributed by atoms with E-state index in [1.165, 1.54) is 11.3 Å². The van der Waals surface area contributed by atoms with Crippen LogP contribution in [0.2, 0.25) is 0 Å². The third-order valence-corrected chi connectivity index (χ3v) is 4.68. The number of aryl methyl sites for hydroxylation is 1. The molecule has 1 heterocycles. The van der Waals surface area contributed by atoms with Crippen LogP contribution in [0.1, 0.15) is 36.1 Å². The van der Waals surface area contributed by atoms with Crippen LogP contribution < -0.4 is 4.74 Å². The summed E-state index contributed by atoms with van der Waals surface area (Å²) < 4.78 is 10.3. The zero-order valence-electron chi connectivity index (χ0n) is 14.5. The second kappa shape index (κ2) is 7.13. The summed E-state index contributed by atoms with van der Waals surface area (Å²) in [6.07, 6.45) is 0. The van der Waals surface area contributed by atoms with E-state index in [9.17, 15) is 9.59 Å². The van der Waals surface area contributed by atoms with E-state index in [0.29, 0.717) is 10.6 Å². The van der Waals surface area contributed by atoms with Crippen LogP contribution in [0.25, 0.3) is 10.6 Å². The summed E-state index contributed by atoms with van der Waals surface area (Å²) in [6.45, 7) is 6.91. The van der Waals surface area contributed by atoms with Crippen molar-refractivity contribution < 1.29 is 19.1 Å². The molecular weight excluding hydrogens is 326 g/mol. The zero-order valence-corrected chi connectivity index (χ0v) is 15.3. The topological polar surface area (TPSA) is 65.5 Å². The minimum atomic E-state index is -0.530. The third-order valence-electron chi connectivity index (χ3n) is 3.49. The first-order chi connectivity index (χ1) is 11.2. The van der Waals surface area contributed by atoms with Gasteiger partial charge in [-0.25, -0.2) is 9.78 Å². The Morgan fingerprint density at radius 1 is 1.17 bits per heavy atom. The zero-order chi connectivity index (χ0) is 17.9. The van der Waals surface area contributed by atoms with Gasteiger partial charge in [-0.3, -0.25) is 4.79 Å². The highest BCUT2D eigenvalue weighted by Gasteiger charge is 2.24. The molecule has 6 heteroatoms. The van der Waals surface area contributed by atoms with Gasteiger partial charge in [-0.15, -0.1) is 11.3 Å². The van der Waals surface area contributed by atoms with Crippen molar-refractivity contribution >= 4 is 23.1 Å². The molecule has 0 unspecified atom stereocenters. The Morgan fingerprint density at radius 2 is 1.79 bits per heavy atom. The maximum absolute atomic E-state index is 12.2. The standard InChI is InChI=1S/C18H21NO4S/c1-11-15(17(21)23-10-14(20)18(2,3)4)24-16(19-11)12-6-8-13(22-5)9-7-12/h6-9H,10H2,1-5H3. The molecule has 0 spiro atoms. The van der Waals surface area contributed by atoms with Gasteiger partial charge in [-0.05, 0) is 31.2 Å². The maximum atomic E-state index is 12.2. The average molecular weight is 347 g/mol. The van der Waals surface area contributed by atoms with Gasteiger partial charge >= 0.3 is 5.97 Å². The fourth-order valence-corrected chi connectivity index (χ4v) is 2.82. The lowest BCUT2D eigenvalue weighted by molar-refractivity contribution is -0.129. The SMILES string of the molecule is COc1ccc(-c2nc(C)c(C(=O)OCC(=O)C(C)(C)C)s2)cc1. The van der Waals surface area contributed by atoms with Crippen LogP contribution in [-0.2, 0) is 9.53 Å². The van der Waals surface area contributed by atoms with E-state index < -0.39 is 11.4 Å². The van der Waals surface area contributed by atoms with Crippen molar-refractivity contribution in [3.05, 3.63) is 34.8 Å². The Hall–Kier alpha value is -2.21. The van der Waals surface area contributed by atoms with Crippen LogP contribution in [-0.4, -0.2) is 30.5 Å². The highest BCUT2D eigenvalue weighted by Crippen LogP contribution is 2.29. The molecule has 0 amide bonds. The lowest BCUT2D eigenvalue weighted by Crippen LogP contribution is -2.26. The van der Waals surface area contributed by atoms with E-state index in [0.717, 1.165) is 16.3 Å². The maximum Gasteiger partial charge on any atom is 0.350 e. The second-order valence-electron chi connectivity index (χ2n) is 6.41. The first-order valence-electron chi connectivity index (χ1n) is 7.54. The molecule has 0 atom stereocenters. The van der Waals surface area contributed by atoms with Gasteiger partial charge in [0.15, 0.2) is 12.4 Å². The molecule has 1 aromatic carbocycles. The van der Waals surface area contributed by atoms with Crippen molar-refractivity contribution in [2.24, 2.45) is 5.41 Å². The predicted molar refractivity (Wildman–Crippen MR) is 93.6 cm³/mol. The molecule has 2 rings (SSSR count). The highest BCUT2D eigenvalue weighted by molar-refractivity contribution is 7.17. The summed E-state index contributed by atoms with van der Waals surface area (Å²) in [6, 6.07) is 7.45. The van der Waals surface area contributed by atoms with Crippen LogP contribution in [0, 0.1) is 12.3 Å². The number of ketones is 1. The first kappa shape index (κ1) is 18.1. The molecule has 0 bridgehead atoms. The average Bonchev–Trinajstić information content (AvgIpc) is 2.93. The van der Waals surface area contributed by atoms with Gasteiger partial charge in [0.2, 0.25) is 0 Å². The van der Waals surface area contributed by atoms with Gasteiger partial charge in [0.1, 0.15) is 15.6 Å². The van der Waals surface area contributed by atoms with Gasteiger partial charge in [0.25, 0.3) is 0 Å². The number of methoxy groups -OCH3 is 1. The Morgan fingerprint density at radius 3 is 2.33 bits per heavy atom. The summed E-state index contributed by atoms with van der Waals surface area (Å²) in [4.78, 5) is 28.9. The molecular formula is C18H21NO4S. The number of aromatic nitrogens is 1. The monoisotopic (exact) mass is 347 g/mol. The second-order valence-corrected chi connectivity index (χ2v) is 7.41. The molecule has 0 aliphatic heterocycles. The molecule has 1 aromatic heterocycles. The van der Waals surface area contributed by atoms with Gasteiger partial charge in [0, 0.05) is 11.0 Å². The molecule has 2 aromatic rings. The Labute approximate surface area is 145 Å². The van der Waals surface area contributed by atoms with Crippen molar-refractivity contribution in [1.82, 2.24) is 4.98 Å². The van der Waals surface area contributed by atoms with E-state index in [1.54, 1.807) is 34.8 Å². The van der Waals surface area contributed by atoms with Crippen LogP contribution >= 0.6 is 11.3 Å². The number of hydrogen-bond acceptors (Lipinski definition) is 6. The van der Waals surface area contributed by atoms with E-state index in [2.05, 4.69) is 4.98 Å². The summed E-state index contributed by atoms with van der Waals surface area (Å²) in [5.41, 5.74) is 0.963. The number of thiazole rings is 1. The molecule has 0 aliphatic rings. The van der Waals surface area contributed by atoms with Crippen LogP contribution in [0.5, 0.6) is 5.75 Å². The quantitative estimate of drug-likeness (QED) is 0.768. The Balaban J connectivity index is 2.13. The predicted octanol–water partition coefficient (Wildman–Crippen LogP) is 3.90. The Bertz CT molecular complexity index is 741. The summed E-state index contributed by atoms with van der Waals surface area (Å²) in [7, 11) is 1.61. The van der Waals surface area contributed by atoms with E-state index in [4.69, 9.17) is 9.47 Å². The number of carbonyl (C=O) groups is 2. The molecule has 0 N–H and O–H groups in total. The largest absolute Gasteiger partial charge is 0.497 e. The van der Waals surface area contributed by atoms with Crippen molar-refractivity contribution in [2.45, 2.75) is 27.7 Å². The number of carbonyl (C=O) groups excluding carboxylic acids is 2. The number of nitrogens with zero attached hydrogens (tertiary/aromatic N) is 1. The molecule has 5 nitrogen and oxygen atoms in total. The van der Waals surface area contributed by atoms with Gasteiger partial charge < -0.3 is 9.47 Å². The molecule has 0 radical (unpaired) electrons. The smallest absolute Gasteiger partial charge is 0.350 e. The number of Topliss-reactive ketones (excluding diaryl/α,β-unsaturated/α-hetero) is 1. The number of ether oxygens (including phenoxy) is 2. The van der Waals surface area contributed by atoms with Gasteiger partial charge in [0.05, 0.1) is 12.8 Å². The van der Waals surface area contributed by atoms with E-state index in [1.807, 2.05) is 24.3 Å². The summed E-state index contributed by atoms with van der Waals surface area (Å²) >= 11 is 1.26.